The number of ether oxygens (including phenoxy) is 1. The molecule has 188 valence electrons. The van der Waals surface area contributed by atoms with Crippen molar-refractivity contribution in [3.8, 4) is 11.1 Å². The molecule has 0 aliphatic heterocycles. The SMILES string of the molecule is CC[C@H](C)[C@H](NC(=O)CCCCCCNC(=O)OCC1c2ccccc2-c2ccccc21)C(=O)O. The van der Waals surface area contributed by atoms with Gasteiger partial charge in [0.1, 0.15) is 12.6 Å². The van der Waals surface area contributed by atoms with Gasteiger partial charge in [0.15, 0.2) is 0 Å². The number of alkyl carbamates (subject to hydrolysis) is 1. The van der Waals surface area contributed by atoms with E-state index in [0.717, 1.165) is 19.3 Å². The number of carboxylic acids is 1. The van der Waals surface area contributed by atoms with Crippen molar-refractivity contribution in [2.24, 2.45) is 5.92 Å². The van der Waals surface area contributed by atoms with Gasteiger partial charge in [-0.15, -0.1) is 0 Å². The van der Waals surface area contributed by atoms with Gasteiger partial charge < -0.3 is 20.5 Å². The van der Waals surface area contributed by atoms with Crippen LogP contribution in [0.4, 0.5) is 4.79 Å². The molecule has 0 saturated carbocycles. The minimum Gasteiger partial charge on any atom is -0.480 e. The third-order valence-corrected chi connectivity index (χ3v) is 6.74. The lowest BCUT2D eigenvalue weighted by molar-refractivity contribution is -0.143. The van der Waals surface area contributed by atoms with Crippen LogP contribution in [0.25, 0.3) is 11.1 Å². The molecular formula is C28H36N2O5. The fourth-order valence-electron chi connectivity index (χ4n) is 4.53. The fraction of sp³-hybridized carbons (Fsp3) is 0.464. The smallest absolute Gasteiger partial charge is 0.407 e. The molecular weight excluding hydrogens is 444 g/mol. The Morgan fingerprint density at radius 2 is 1.54 bits per heavy atom. The maximum atomic E-state index is 12.2. The molecule has 2 amide bonds. The van der Waals surface area contributed by atoms with Crippen LogP contribution in [0.1, 0.15) is 69.4 Å². The Balaban J connectivity index is 1.30. The molecule has 3 rings (SSSR count). The number of amides is 2. The fourth-order valence-corrected chi connectivity index (χ4v) is 4.53. The maximum absolute atomic E-state index is 12.2. The van der Waals surface area contributed by atoms with Crippen LogP contribution in [0.2, 0.25) is 0 Å². The van der Waals surface area contributed by atoms with E-state index in [2.05, 4.69) is 34.9 Å². The lowest BCUT2D eigenvalue weighted by atomic mass is 9.98. The molecule has 0 heterocycles. The van der Waals surface area contributed by atoms with Gasteiger partial charge in [-0.1, -0.05) is 81.6 Å². The third kappa shape index (κ3) is 7.07. The highest BCUT2D eigenvalue weighted by atomic mass is 16.5. The van der Waals surface area contributed by atoms with E-state index in [0.29, 0.717) is 32.4 Å². The summed E-state index contributed by atoms with van der Waals surface area (Å²) in [6.45, 7) is 4.53. The van der Waals surface area contributed by atoms with Crippen LogP contribution in [0.3, 0.4) is 0 Å². The number of carbonyl (C=O) groups is 3. The molecule has 0 fully saturated rings. The Morgan fingerprint density at radius 3 is 2.14 bits per heavy atom. The lowest BCUT2D eigenvalue weighted by Crippen LogP contribution is -2.44. The highest BCUT2D eigenvalue weighted by Crippen LogP contribution is 2.44. The average Bonchev–Trinajstić information content (AvgIpc) is 3.18. The highest BCUT2D eigenvalue weighted by Gasteiger charge is 2.29. The van der Waals surface area contributed by atoms with Crippen molar-refractivity contribution < 1.29 is 24.2 Å². The molecule has 2 aromatic carbocycles. The molecule has 35 heavy (non-hydrogen) atoms. The van der Waals surface area contributed by atoms with Crippen LogP contribution in [0.5, 0.6) is 0 Å². The summed E-state index contributed by atoms with van der Waals surface area (Å²) in [6.07, 6.45) is 3.75. The molecule has 7 nitrogen and oxygen atoms in total. The Kier molecular flexibility index (Phi) is 9.70. The van der Waals surface area contributed by atoms with E-state index in [1.165, 1.54) is 22.3 Å². The number of rotatable bonds is 13. The molecule has 2 aromatic rings. The van der Waals surface area contributed by atoms with Crippen LogP contribution in [0, 0.1) is 5.92 Å². The first kappa shape index (κ1) is 26.3. The molecule has 1 aliphatic rings. The molecule has 0 bridgehead atoms. The lowest BCUT2D eigenvalue weighted by Gasteiger charge is -2.20. The van der Waals surface area contributed by atoms with E-state index < -0.39 is 18.1 Å². The molecule has 0 aromatic heterocycles. The van der Waals surface area contributed by atoms with E-state index >= 15 is 0 Å². The van der Waals surface area contributed by atoms with Crippen molar-refractivity contribution in [1.82, 2.24) is 10.6 Å². The van der Waals surface area contributed by atoms with Crippen LogP contribution in [0.15, 0.2) is 48.5 Å². The number of carbonyl (C=O) groups excluding carboxylic acids is 2. The monoisotopic (exact) mass is 480 g/mol. The molecule has 7 heteroatoms. The van der Waals surface area contributed by atoms with E-state index in [9.17, 15) is 19.5 Å². The average molecular weight is 481 g/mol. The van der Waals surface area contributed by atoms with Crippen LogP contribution in [-0.4, -0.2) is 42.3 Å². The molecule has 3 N–H and O–H groups in total. The second-order valence-corrected chi connectivity index (χ2v) is 9.19. The normalized spacial score (nSPS) is 13.9. The number of benzene rings is 2. The largest absolute Gasteiger partial charge is 0.480 e. The van der Waals surface area contributed by atoms with Crippen molar-refractivity contribution in [1.29, 1.82) is 0 Å². The molecule has 0 radical (unpaired) electrons. The van der Waals surface area contributed by atoms with Gasteiger partial charge in [-0.3, -0.25) is 4.79 Å². The van der Waals surface area contributed by atoms with Crippen molar-refractivity contribution >= 4 is 18.0 Å². The Bertz CT molecular complexity index is 976. The first-order chi connectivity index (χ1) is 16.9. The minimum atomic E-state index is -0.994. The maximum Gasteiger partial charge on any atom is 0.407 e. The van der Waals surface area contributed by atoms with Gasteiger partial charge in [-0.05, 0) is 41.0 Å². The summed E-state index contributed by atoms with van der Waals surface area (Å²) < 4.78 is 5.53. The third-order valence-electron chi connectivity index (χ3n) is 6.74. The molecule has 0 unspecified atom stereocenters. The predicted molar refractivity (Wildman–Crippen MR) is 135 cm³/mol. The Morgan fingerprint density at radius 1 is 0.943 bits per heavy atom. The van der Waals surface area contributed by atoms with Crippen molar-refractivity contribution in [3.05, 3.63) is 59.7 Å². The summed E-state index contributed by atoms with van der Waals surface area (Å²) in [6, 6.07) is 15.6. The number of unbranched alkanes of at least 4 members (excludes halogenated alkanes) is 3. The Labute approximate surface area is 207 Å². The second kappa shape index (κ2) is 12.9. The Hall–Kier alpha value is -3.35. The van der Waals surface area contributed by atoms with Gasteiger partial charge in [0.25, 0.3) is 0 Å². The van der Waals surface area contributed by atoms with Gasteiger partial charge in [0.05, 0.1) is 0 Å². The van der Waals surface area contributed by atoms with Crippen LogP contribution >= 0.6 is 0 Å². The minimum absolute atomic E-state index is 0.0420. The highest BCUT2D eigenvalue weighted by molar-refractivity contribution is 5.83. The summed E-state index contributed by atoms with van der Waals surface area (Å²) in [7, 11) is 0. The van der Waals surface area contributed by atoms with E-state index in [4.69, 9.17) is 4.74 Å². The van der Waals surface area contributed by atoms with Crippen LogP contribution in [-0.2, 0) is 14.3 Å². The van der Waals surface area contributed by atoms with Crippen molar-refractivity contribution in [2.75, 3.05) is 13.2 Å². The quantitative estimate of drug-likeness (QED) is 0.346. The number of aliphatic carboxylic acids is 1. The van der Waals surface area contributed by atoms with Crippen molar-refractivity contribution in [3.63, 3.8) is 0 Å². The summed E-state index contributed by atoms with van der Waals surface area (Å²) >= 11 is 0. The zero-order valence-electron chi connectivity index (χ0n) is 20.6. The number of hydrogen-bond donors (Lipinski definition) is 3. The molecule has 0 spiro atoms. The van der Waals surface area contributed by atoms with Gasteiger partial charge >= 0.3 is 12.1 Å². The van der Waals surface area contributed by atoms with Crippen LogP contribution < -0.4 is 10.6 Å². The number of fused-ring (bicyclic) bond motifs is 3. The van der Waals surface area contributed by atoms with Crippen molar-refractivity contribution in [2.45, 2.75) is 64.3 Å². The molecule has 2 atom stereocenters. The summed E-state index contributed by atoms with van der Waals surface area (Å²) in [5.41, 5.74) is 4.77. The standard InChI is InChI=1S/C28H36N2O5/c1-3-19(2)26(27(32)33)30-25(31)16-6-4-5-11-17-29-28(34)35-18-24-22-14-9-7-12-20(22)21-13-8-10-15-23(21)24/h7-10,12-15,19,24,26H,3-6,11,16-18H2,1-2H3,(H,29,34)(H,30,31)(H,32,33)/t19-,26-/m0/s1. The molecule has 1 aliphatic carbocycles. The van der Waals surface area contributed by atoms with Gasteiger partial charge in [-0.2, -0.15) is 0 Å². The molecule has 0 saturated heterocycles. The van der Waals surface area contributed by atoms with E-state index in [-0.39, 0.29) is 17.7 Å². The first-order valence-corrected chi connectivity index (χ1v) is 12.5. The number of carboxylic acid groups (broad SMARTS) is 1. The van der Waals surface area contributed by atoms with E-state index in [1.54, 1.807) is 0 Å². The number of hydrogen-bond acceptors (Lipinski definition) is 4. The second-order valence-electron chi connectivity index (χ2n) is 9.19. The van der Waals surface area contributed by atoms with Gasteiger partial charge in [0, 0.05) is 18.9 Å². The number of nitrogens with one attached hydrogen (secondary N) is 2. The summed E-state index contributed by atoms with van der Waals surface area (Å²) in [4.78, 5) is 35.6. The topological polar surface area (TPSA) is 105 Å². The van der Waals surface area contributed by atoms with E-state index in [1.807, 2.05) is 38.1 Å². The summed E-state index contributed by atoms with van der Waals surface area (Å²) in [5.74, 6) is -1.29. The first-order valence-electron chi connectivity index (χ1n) is 12.5. The van der Waals surface area contributed by atoms with Gasteiger partial charge in [-0.25, -0.2) is 9.59 Å². The zero-order valence-corrected chi connectivity index (χ0v) is 20.6. The van der Waals surface area contributed by atoms with Gasteiger partial charge in [0.2, 0.25) is 5.91 Å². The summed E-state index contributed by atoms with van der Waals surface area (Å²) in [5, 5.41) is 14.7. The zero-order chi connectivity index (χ0) is 25.2. The predicted octanol–water partition coefficient (Wildman–Crippen LogP) is 5.09.